The zero-order valence-corrected chi connectivity index (χ0v) is 12.0. The van der Waals surface area contributed by atoms with Gasteiger partial charge in [-0.1, -0.05) is 25.2 Å². The van der Waals surface area contributed by atoms with Gasteiger partial charge in [0.25, 0.3) is 5.91 Å². The molecule has 0 aliphatic carbocycles. The Balaban J connectivity index is 2.60. The van der Waals surface area contributed by atoms with Crippen LogP contribution >= 0.6 is 11.3 Å². The number of carbonyl (C=O) groups excluding carboxylic acids is 1. The Labute approximate surface area is 111 Å². The molecular weight excluding hydrogens is 252 g/mol. The molecule has 0 spiro atoms. The van der Waals surface area contributed by atoms with Crippen LogP contribution in [0.4, 0.5) is 5.13 Å². The summed E-state index contributed by atoms with van der Waals surface area (Å²) in [7, 11) is 1.74. The number of hydrogen-bond donors (Lipinski definition) is 2. The molecule has 1 aromatic rings. The predicted molar refractivity (Wildman–Crippen MR) is 72.0 cm³/mol. The number of hydrogen-bond acceptors (Lipinski definition) is 6. The van der Waals surface area contributed by atoms with E-state index < -0.39 is 0 Å². The maximum absolute atomic E-state index is 12.0. The quantitative estimate of drug-likeness (QED) is 0.784. The summed E-state index contributed by atoms with van der Waals surface area (Å²) in [5.41, 5.74) is 0. The topological polar surface area (TPSA) is 76.1 Å². The SMILES string of the molecule is CCOCC(NC(=O)c1nnc(NC)s1)C(C)C. The summed E-state index contributed by atoms with van der Waals surface area (Å²) in [6, 6.07) is -0.0145. The van der Waals surface area contributed by atoms with Gasteiger partial charge in [-0.15, -0.1) is 10.2 Å². The summed E-state index contributed by atoms with van der Waals surface area (Å²) < 4.78 is 5.36. The van der Waals surface area contributed by atoms with Crippen LogP contribution in [0.15, 0.2) is 0 Å². The number of anilines is 1. The van der Waals surface area contributed by atoms with E-state index in [0.717, 1.165) is 0 Å². The van der Waals surface area contributed by atoms with Crippen LogP contribution in [-0.4, -0.2) is 42.4 Å². The third kappa shape index (κ3) is 4.23. The Morgan fingerprint density at radius 2 is 2.17 bits per heavy atom. The van der Waals surface area contributed by atoms with E-state index in [9.17, 15) is 4.79 Å². The molecule has 2 N–H and O–H groups in total. The highest BCUT2D eigenvalue weighted by Crippen LogP contribution is 2.14. The molecule has 0 bridgehead atoms. The molecular formula is C11H20N4O2S. The van der Waals surface area contributed by atoms with E-state index in [4.69, 9.17) is 4.74 Å². The predicted octanol–water partition coefficient (Wildman–Crippen LogP) is 1.37. The van der Waals surface area contributed by atoms with Gasteiger partial charge in [-0.3, -0.25) is 4.79 Å². The van der Waals surface area contributed by atoms with Gasteiger partial charge >= 0.3 is 0 Å². The fraction of sp³-hybridized carbons (Fsp3) is 0.727. The van der Waals surface area contributed by atoms with Gasteiger partial charge in [0.05, 0.1) is 12.6 Å². The van der Waals surface area contributed by atoms with Gasteiger partial charge in [0, 0.05) is 13.7 Å². The highest BCUT2D eigenvalue weighted by molar-refractivity contribution is 7.17. The third-order valence-electron chi connectivity index (χ3n) is 2.46. The molecule has 0 saturated carbocycles. The van der Waals surface area contributed by atoms with Crippen LogP contribution in [0.2, 0.25) is 0 Å². The summed E-state index contributed by atoms with van der Waals surface area (Å²) in [5, 5.41) is 14.4. The number of nitrogens with zero attached hydrogens (tertiary/aromatic N) is 2. The van der Waals surface area contributed by atoms with Crippen molar-refractivity contribution >= 4 is 22.4 Å². The standard InChI is InChI=1S/C11H20N4O2S/c1-5-17-6-8(7(2)3)13-9(16)10-14-15-11(12-4)18-10/h7-8H,5-6H2,1-4H3,(H,12,15)(H,13,16). The lowest BCUT2D eigenvalue weighted by Crippen LogP contribution is -2.41. The number of carbonyl (C=O) groups is 1. The fourth-order valence-electron chi connectivity index (χ4n) is 1.29. The van der Waals surface area contributed by atoms with Crippen molar-refractivity contribution in [3.63, 3.8) is 0 Å². The van der Waals surface area contributed by atoms with Crippen molar-refractivity contribution in [2.24, 2.45) is 5.92 Å². The van der Waals surface area contributed by atoms with E-state index in [0.29, 0.717) is 29.3 Å². The van der Waals surface area contributed by atoms with Gasteiger partial charge in [0.15, 0.2) is 0 Å². The highest BCUT2D eigenvalue weighted by Gasteiger charge is 2.19. The Kier molecular flexibility index (Phi) is 6.00. The Morgan fingerprint density at radius 3 is 2.67 bits per heavy atom. The maximum atomic E-state index is 12.0. The van der Waals surface area contributed by atoms with Crippen molar-refractivity contribution in [3.8, 4) is 0 Å². The normalized spacial score (nSPS) is 12.5. The van der Waals surface area contributed by atoms with Crippen molar-refractivity contribution < 1.29 is 9.53 Å². The molecule has 102 valence electrons. The second kappa shape index (κ2) is 7.27. The van der Waals surface area contributed by atoms with Crippen molar-refractivity contribution in [1.29, 1.82) is 0 Å². The Morgan fingerprint density at radius 1 is 1.44 bits per heavy atom. The molecule has 1 heterocycles. The molecule has 0 saturated heterocycles. The van der Waals surface area contributed by atoms with E-state index >= 15 is 0 Å². The minimum atomic E-state index is -0.201. The molecule has 1 rings (SSSR count). The number of amides is 1. The maximum Gasteiger partial charge on any atom is 0.282 e. The number of nitrogens with one attached hydrogen (secondary N) is 2. The van der Waals surface area contributed by atoms with E-state index in [1.807, 2.05) is 20.8 Å². The first kappa shape index (κ1) is 14.8. The van der Waals surface area contributed by atoms with Crippen molar-refractivity contribution in [3.05, 3.63) is 5.01 Å². The molecule has 18 heavy (non-hydrogen) atoms. The second-order valence-corrected chi connectivity index (χ2v) is 5.12. The average Bonchev–Trinajstić information content (AvgIpc) is 2.82. The summed E-state index contributed by atoms with van der Waals surface area (Å²) in [6.07, 6.45) is 0. The minimum absolute atomic E-state index is 0.0145. The van der Waals surface area contributed by atoms with Crippen LogP contribution in [0.3, 0.4) is 0 Å². The smallest absolute Gasteiger partial charge is 0.282 e. The largest absolute Gasteiger partial charge is 0.380 e. The number of ether oxygens (including phenoxy) is 1. The fourth-order valence-corrected chi connectivity index (χ4v) is 1.89. The third-order valence-corrected chi connectivity index (χ3v) is 3.40. The van der Waals surface area contributed by atoms with E-state index in [-0.39, 0.29) is 11.9 Å². The number of aromatic nitrogens is 2. The molecule has 0 aliphatic rings. The summed E-state index contributed by atoms with van der Waals surface area (Å²) >= 11 is 1.23. The average molecular weight is 272 g/mol. The van der Waals surface area contributed by atoms with E-state index in [1.165, 1.54) is 11.3 Å². The molecule has 0 aliphatic heterocycles. The minimum Gasteiger partial charge on any atom is -0.380 e. The van der Waals surface area contributed by atoms with Gasteiger partial charge in [-0.05, 0) is 12.8 Å². The first-order valence-electron chi connectivity index (χ1n) is 5.98. The molecule has 1 amide bonds. The molecule has 0 fully saturated rings. The van der Waals surface area contributed by atoms with Gasteiger partial charge in [-0.2, -0.15) is 0 Å². The van der Waals surface area contributed by atoms with Crippen molar-refractivity contribution in [1.82, 2.24) is 15.5 Å². The second-order valence-electron chi connectivity index (χ2n) is 4.15. The van der Waals surface area contributed by atoms with Crippen LogP contribution in [-0.2, 0) is 4.74 Å². The van der Waals surface area contributed by atoms with Gasteiger partial charge < -0.3 is 15.4 Å². The van der Waals surface area contributed by atoms with Gasteiger partial charge in [0.2, 0.25) is 10.1 Å². The van der Waals surface area contributed by atoms with E-state index in [2.05, 4.69) is 20.8 Å². The zero-order valence-electron chi connectivity index (χ0n) is 11.2. The molecule has 6 nitrogen and oxygen atoms in total. The first-order chi connectivity index (χ1) is 8.58. The van der Waals surface area contributed by atoms with Gasteiger partial charge in [0.1, 0.15) is 0 Å². The highest BCUT2D eigenvalue weighted by atomic mass is 32.1. The molecule has 1 aromatic heterocycles. The lowest BCUT2D eigenvalue weighted by atomic mass is 10.1. The Hall–Kier alpha value is -1.21. The van der Waals surface area contributed by atoms with Crippen LogP contribution in [0.5, 0.6) is 0 Å². The van der Waals surface area contributed by atoms with Crippen LogP contribution in [0.1, 0.15) is 30.6 Å². The van der Waals surface area contributed by atoms with Crippen LogP contribution in [0, 0.1) is 5.92 Å². The summed E-state index contributed by atoms with van der Waals surface area (Å²) in [4.78, 5) is 12.0. The lowest BCUT2D eigenvalue weighted by Gasteiger charge is -2.21. The van der Waals surface area contributed by atoms with Crippen molar-refractivity contribution in [2.75, 3.05) is 25.6 Å². The number of rotatable bonds is 7. The van der Waals surface area contributed by atoms with Crippen LogP contribution in [0.25, 0.3) is 0 Å². The van der Waals surface area contributed by atoms with E-state index in [1.54, 1.807) is 7.05 Å². The monoisotopic (exact) mass is 272 g/mol. The zero-order chi connectivity index (χ0) is 13.5. The molecule has 1 unspecified atom stereocenters. The molecule has 0 aromatic carbocycles. The Bertz CT molecular complexity index is 381. The van der Waals surface area contributed by atoms with Gasteiger partial charge in [-0.25, -0.2) is 0 Å². The molecule has 7 heteroatoms. The van der Waals surface area contributed by atoms with Crippen LogP contribution < -0.4 is 10.6 Å². The lowest BCUT2D eigenvalue weighted by molar-refractivity contribution is 0.0805. The van der Waals surface area contributed by atoms with Crippen molar-refractivity contribution in [2.45, 2.75) is 26.8 Å². The molecule has 0 radical (unpaired) electrons. The first-order valence-corrected chi connectivity index (χ1v) is 6.80. The summed E-state index contributed by atoms with van der Waals surface area (Å²) in [6.45, 7) is 7.18. The summed E-state index contributed by atoms with van der Waals surface area (Å²) in [5.74, 6) is 0.101. The molecule has 1 atom stereocenters.